The van der Waals surface area contributed by atoms with Crippen LogP contribution < -0.4 is 24.8 Å². The van der Waals surface area contributed by atoms with Crippen LogP contribution in [0.2, 0.25) is 0 Å². The van der Waals surface area contributed by atoms with E-state index in [9.17, 15) is 0 Å². The van der Waals surface area contributed by atoms with Crippen LogP contribution in [0, 0.1) is 0 Å². The van der Waals surface area contributed by atoms with Gasteiger partial charge in [-0.3, -0.25) is 0 Å². The van der Waals surface area contributed by atoms with Crippen molar-refractivity contribution < 1.29 is 14.2 Å². The average molecular weight is 565 g/mol. The van der Waals surface area contributed by atoms with Crippen LogP contribution in [-0.4, -0.2) is 49.2 Å². The van der Waals surface area contributed by atoms with Gasteiger partial charge in [-0.1, -0.05) is 12.1 Å². The number of para-hydroxylation sites is 2. The summed E-state index contributed by atoms with van der Waals surface area (Å²) in [6.45, 7) is 5.84. The van der Waals surface area contributed by atoms with Crippen molar-refractivity contribution >= 4 is 29.9 Å². The van der Waals surface area contributed by atoms with Crippen LogP contribution in [-0.2, 0) is 6.54 Å². The maximum Gasteiger partial charge on any atom is 0.191 e. The monoisotopic (exact) mass is 565 g/mol. The van der Waals surface area contributed by atoms with E-state index in [1.807, 2.05) is 79.3 Å². The Morgan fingerprint density at radius 2 is 1.73 bits per heavy atom. The zero-order chi connectivity index (χ0) is 22.8. The molecule has 0 amide bonds. The predicted octanol–water partition coefficient (Wildman–Crippen LogP) is 4.03. The van der Waals surface area contributed by atoms with E-state index in [1.54, 1.807) is 14.2 Å². The van der Waals surface area contributed by atoms with E-state index in [0.717, 1.165) is 29.4 Å². The number of guanidine groups is 1. The number of ether oxygens (including phenoxy) is 3. The lowest BCUT2D eigenvalue weighted by atomic mass is 10.3. The number of benzene rings is 2. The summed E-state index contributed by atoms with van der Waals surface area (Å²) in [5, 5.41) is 11.2. The Morgan fingerprint density at radius 3 is 2.39 bits per heavy atom. The minimum absolute atomic E-state index is 0. The molecule has 0 aliphatic heterocycles. The minimum atomic E-state index is -0.0792. The molecule has 0 bridgehead atoms. The number of halogens is 1. The van der Waals surface area contributed by atoms with Crippen molar-refractivity contribution in [2.45, 2.75) is 26.5 Å². The molecule has 0 fully saturated rings. The van der Waals surface area contributed by atoms with Crippen LogP contribution in [0.15, 0.2) is 65.8 Å². The number of hydrogen-bond donors (Lipinski definition) is 2. The Kier molecular flexibility index (Phi) is 10.8. The van der Waals surface area contributed by atoms with E-state index in [0.29, 0.717) is 24.8 Å². The van der Waals surface area contributed by atoms with E-state index in [4.69, 9.17) is 14.2 Å². The maximum atomic E-state index is 6.00. The molecule has 33 heavy (non-hydrogen) atoms. The highest BCUT2D eigenvalue weighted by Crippen LogP contribution is 2.26. The van der Waals surface area contributed by atoms with Gasteiger partial charge in [-0.15, -0.1) is 24.0 Å². The van der Waals surface area contributed by atoms with Crippen LogP contribution in [0.1, 0.15) is 19.5 Å². The molecule has 0 aliphatic carbocycles. The highest BCUT2D eigenvalue weighted by atomic mass is 127. The van der Waals surface area contributed by atoms with Gasteiger partial charge in [-0.25, -0.2) is 9.67 Å². The fourth-order valence-electron chi connectivity index (χ4n) is 3.04. The molecular weight excluding hydrogens is 533 g/mol. The van der Waals surface area contributed by atoms with Crippen LogP contribution in [0.5, 0.6) is 17.2 Å². The highest BCUT2D eigenvalue weighted by molar-refractivity contribution is 14.0. The lowest BCUT2D eigenvalue weighted by molar-refractivity contribution is 0.213. The van der Waals surface area contributed by atoms with Gasteiger partial charge < -0.3 is 24.8 Å². The van der Waals surface area contributed by atoms with Crippen molar-refractivity contribution in [2.24, 2.45) is 4.99 Å². The van der Waals surface area contributed by atoms with Gasteiger partial charge in [0.15, 0.2) is 17.5 Å². The van der Waals surface area contributed by atoms with Crippen molar-refractivity contribution in [1.82, 2.24) is 20.4 Å². The number of nitrogens with one attached hydrogen (secondary N) is 2. The van der Waals surface area contributed by atoms with Gasteiger partial charge in [0.05, 0.1) is 38.7 Å². The molecule has 0 aliphatic rings. The SMILES string of the molecule is CCNC(=NCc1ccn(-c2ccc(OC)cc2)n1)NCC(C)Oc1ccccc1OC.I. The Hall–Kier alpha value is -2.95. The van der Waals surface area contributed by atoms with Crippen molar-refractivity contribution in [1.29, 1.82) is 0 Å². The Morgan fingerprint density at radius 1 is 1.00 bits per heavy atom. The van der Waals surface area contributed by atoms with Gasteiger partial charge in [0, 0.05) is 12.7 Å². The van der Waals surface area contributed by atoms with Crippen LogP contribution in [0.3, 0.4) is 0 Å². The minimum Gasteiger partial charge on any atom is -0.497 e. The van der Waals surface area contributed by atoms with Gasteiger partial charge in [0.2, 0.25) is 0 Å². The molecule has 2 N–H and O–H groups in total. The predicted molar refractivity (Wildman–Crippen MR) is 141 cm³/mol. The molecular formula is C24H32IN5O3. The van der Waals surface area contributed by atoms with Gasteiger partial charge in [-0.2, -0.15) is 5.10 Å². The number of aromatic nitrogens is 2. The summed E-state index contributed by atoms with van der Waals surface area (Å²) in [5.74, 6) is 2.96. The van der Waals surface area contributed by atoms with Gasteiger partial charge in [-0.05, 0) is 56.3 Å². The summed E-state index contributed by atoms with van der Waals surface area (Å²) in [4.78, 5) is 4.65. The van der Waals surface area contributed by atoms with E-state index < -0.39 is 0 Å². The molecule has 1 unspecified atom stereocenters. The lowest BCUT2D eigenvalue weighted by Gasteiger charge is -2.19. The Balaban J connectivity index is 0.00000385. The normalized spacial score (nSPS) is 11.8. The first-order chi connectivity index (χ1) is 15.6. The molecule has 1 atom stereocenters. The molecule has 2 aromatic carbocycles. The Labute approximate surface area is 212 Å². The Bertz CT molecular complexity index is 1010. The molecule has 8 nitrogen and oxygen atoms in total. The molecule has 178 valence electrons. The number of aliphatic imine (C=N–C) groups is 1. The smallest absolute Gasteiger partial charge is 0.191 e. The van der Waals surface area contributed by atoms with Crippen LogP contribution in [0.25, 0.3) is 5.69 Å². The highest BCUT2D eigenvalue weighted by Gasteiger charge is 2.10. The van der Waals surface area contributed by atoms with E-state index in [-0.39, 0.29) is 30.1 Å². The number of hydrogen-bond acceptors (Lipinski definition) is 5. The molecule has 3 rings (SSSR count). The average Bonchev–Trinajstić information content (AvgIpc) is 3.30. The van der Waals surface area contributed by atoms with E-state index in [2.05, 4.69) is 20.7 Å². The van der Waals surface area contributed by atoms with Gasteiger partial charge in [0.1, 0.15) is 11.9 Å². The van der Waals surface area contributed by atoms with Crippen molar-refractivity contribution in [3.63, 3.8) is 0 Å². The molecule has 9 heteroatoms. The molecule has 3 aromatic rings. The summed E-state index contributed by atoms with van der Waals surface area (Å²) in [6, 6.07) is 17.3. The maximum absolute atomic E-state index is 6.00. The fraction of sp³-hybridized carbons (Fsp3) is 0.333. The molecule has 0 saturated heterocycles. The van der Waals surface area contributed by atoms with Crippen molar-refractivity contribution in [2.75, 3.05) is 27.3 Å². The van der Waals surface area contributed by atoms with Crippen LogP contribution in [0.4, 0.5) is 0 Å². The molecule has 1 heterocycles. The standard InChI is InChI=1S/C24H31N5O3.HI/c1-5-25-24(26-16-18(2)32-23-9-7-6-8-22(23)31-4)27-17-19-14-15-29(28-19)20-10-12-21(30-3)13-11-20;/h6-15,18H,5,16-17H2,1-4H3,(H2,25,26,27);1H. The molecule has 0 saturated carbocycles. The fourth-order valence-corrected chi connectivity index (χ4v) is 3.04. The number of nitrogens with zero attached hydrogens (tertiary/aromatic N) is 3. The second-order valence-electron chi connectivity index (χ2n) is 7.11. The molecule has 1 aromatic heterocycles. The largest absolute Gasteiger partial charge is 0.497 e. The third-order valence-electron chi connectivity index (χ3n) is 4.68. The first kappa shape index (κ1) is 26.3. The number of methoxy groups -OCH3 is 2. The second kappa shape index (κ2) is 13.6. The van der Waals surface area contributed by atoms with Gasteiger partial charge >= 0.3 is 0 Å². The zero-order valence-corrected chi connectivity index (χ0v) is 21.8. The summed E-state index contributed by atoms with van der Waals surface area (Å²) < 4.78 is 18.4. The number of rotatable bonds is 10. The quantitative estimate of drug-likeness (QED) is 0.220. The second-order valence-corrected chi connectivity index (χ2v) is 7.11. The lowest BCUT2D eigenvalue weighted by Crippen LogP contribution is -2.41. The van der Waals surface area contributed by atoms with Gasteiger partial charge in [0.25, 0.3) is 0 Å². The topological polar surface area (TPSA) is 81.9 Å². The molecule has 0 spiro atoms. The van der Waals surface area contributed by atoms with E-state index >= 15 is 0 Å². The third kappa shape index (κ3) is 7.85. The zero-order valence-electron chi connectivity index (χ0n) is 19.4. The summed E-state index contributed by atoms with van der Waals surface area (Å²) >= 11 is 0. The first-order valence-corrected chi connectivity index (χ1v) is 10.6. The van der Waals surface area contributed by atoms with Crippen molar-refractivity contribution in [3.05, 3.63) is 66.5 Å². The molecule has 0 radical (unpaired) electrons. The van der Waals surface area contributed by atoms with E-state index in [1.165, 1.54) is 0 Å². The van der Waals surface area contributed by atoms with Crippen molar-refractivity contribution in [3.8, 4) is 22.9 Å². The third-order valence-corrected chi connectivity index (χ3v) is 4.68. The summed E-state index contributed by atoms with van der Waals surface area (Å²) in [6.07, 6.45) is 1.85. The first-order valence-electron chi connectivity index (χ1n) is 10.6. The summed E-state index contributed by atoms with van der Waals surface area (Å²) in [5.41, 5.74) is 1.84. The van der Waals surface area contributed by atoms with Crippen LogP contribution >= 0.6 is 24.0 Å². The summed E-state index contributed by atoms with van der Waals surface area (Å²) in [7, 11) is 3.29.